The number of fused-ring (bicyclic) bond motifs is 1. The Bertz CT molecular complexity index is 554. The second-order valence-corrected chi connectivity index (χ2v) is 3.16. The SMILES string of the molecule is CC(=O)c1ccc2c(=O)cc[nH]c2c1. The van der Waals surface area contributed by atoms with Crippen LogP contribution in [0.3, 0.4) is 0 Å². The van der Waals surface area contributed by atoms with E-state index >= 15 is 0 Å². The molecule has 0 aliphatic rings. The average Bonchev–Trinajstić information content (AvgIpc) is 2.17. The van der Waals surface area contributed by atoms with Crippen molar-refractivity contribution in [3.05, 3.63) is 46.2 Å². The number of hydrogen-bond acceptors (Lipinski definition) is 2. The molecule has 2 rings (SSSR count). The lowest BCUT2D eigenvalue weighted by atomic mass is 10.1. The molecule has 1 aromatic carbocycles. The first kappa shape index (κ1) is 8.69. The van der Waals surface area contributed by atoms with E-state index in [0.29, 0.717) is 16.5 Å². The van der Waals surface area contributed by atoms with Crippen LogP contribution < -0.4 is 5.43 Å². The van der Waals surface area contributed by atoms with Crippen molar-refractivity contribution < 1.29 is 4.79 Å². The van der Waals surface area contributed by atoms with Gasteiger partial charge in [0.15, 0.2) is 11.2 Å². The zero-order chi connectivity index (χ0) is 10.1. The second kappa shape index (κ2) is 3.10. The van der Waals surface area contributed by atoms with Crippen molar-refractivity contribution >= 4 is 16.7 Å². The maximum atomic E-state index is 11.4. The summed E-state index contributed by atoms with van der Waals surface area (Å²) in [7, 11) is 0. The van der Waals surface area contributed by atoms with Gasteiger partial charge in [0, 0.05) is 28.7 Å². The largest absolute Gasteiger partial charge is 0.361 e. The summed E-state index contributed by atoms with van der Waals surface area (Å²) in [6.45, 7) is 1.50. The first-order valence-electron chi connectivity index (χ1n) is 4.31. The molecule has 0 saturated carbocycles. The lowest BCUT2D eigenvalue weighted by Crippen LogP contribution is -2.01. The third kappa shape index (κ3) is 1.33. The molecular formula is C11H9NO2. The summed E-state index contributed by atoms with van der Waals surface area (Å²) in [5.74, 6) is -0.00315. The highest BCUT2D eigenvalue weighted by atomic mass is 16.1. The number of H-pyrrole nitrogens is 1. The Balaban J connectivity index is 2.80. The van der Waals surface area contributed by atoms with Gasteiger partial charge in [-0.2, -0.15) is 0 Å². The number of carbonyl (C=O) groups excluding carboxylic acids is 1. The number of carbonyl (C=O) groups is 1. The van der Waals surface area contributed by atoms with Crippen molar-refractivity contribution in [2.45, 2.75) is 6.92 Å². The minimum Gasteiger partial charge on any atom is -0.361 e. The van der Waals surface area contributed by atoms with E-state index in [9.17, 15) is 9.59 Å². The zero-order valence-corrected chi connectivity index (χ0v) is 7.70. The molecule has 0 fully saturated rings. The number of aromatic nitrogens is 1. The molecule has 0 aliphatic heterocycles. The lowest BCUT2D eigenvalue weighted by Gasteiger charge is -1.98. The highest BCUT2D eigenvalue weighted by Gasteiger charge is 2.02. The van der Waals surface area contributed by atoms with E-state index in [4.69, 9.17) is 0 Å². The van der Waals surface area contributed by atoms with Crippen LogP contribution in [0.1, 0.15) is 17.3 Å². The minimum absolute atomic E-state index is 0.00315. The van der Waals surface area contributed by atoms with Gasteiger partial charge in [-0.3, -0.25) is 9.59 Å². The van der Waals surface area contributed by atoms with Crippen molar-refractivity contribution in [2.75, 3.05) is 0 Å². The van der Waals surface area contributed by atoms with Gasteiger partial charge in [0.2, 0.25) is 0 Å². The fourth-order valence-electron chi connectivity index (χ4n) is 1.39. The first-order valence-corrected chi connectivity index (χ1v) is 4.31. The van der Waals surface area contributed by atoms with Gasteiger partial charge in [-0.15, -0.1) is 0 Å². The molecule has 0 amide bonds. The van der Waals surface area contributed by atoms with Crippen molar-refractivity contribution in [2.24, 2.45) is 0 Å². The van der Waals surface area contributed by atoms with Gasteiger partial charge >= 0.3 is 0 Å². The molecule has 1 N–H and O–H groups in total. The highest BCUT2D eigenvalue weighted by Crippen LogP contribution is 2.10. The van der Waals surface area contributed by atoms with E-state index in [2.05, 4.69) is 4.98 Å². The van der Waals surface area contributed by atoms with Crippen LogP contribution in [-0.4, -0.2) is 10.8 Å². The Kier molecular flexibility index (Phi) is 1.93. The lowest BCUT2D eigenvalue weighted by molar-refractivity contribution is 0.101. The summed E-state index contributed by atoms with van der Waals surface area (Å²) in [4.78, 5) is 25.4. The quantitative estimate of drug-likeness (QED) is 0.691. The maximum absolute atomic E-state index is 11.4. The number of hydrogen-bond donors (Lipinski definition) is 1. The molecule has 3 nitrogen and oxygen atoms in total. The molecule has 1 heterocycles. The molecule has 14 heavy (non-hydrogen) atoms. The molecule has 0 saturated heterocycles. The summed E-state index contributed by atoms with van der Waals surface area (Å²) < 4.78 is 0. The fourth-order valence-corrected chi connectivity index (χ4v) is 1.39. The van der Waals surface area contributed by atoms with Crippen molar-refractivity contribution in [1.82, 2.24) is 4.98 Å². The second-order valence-electron chi connectivity index (χ2n) is 3.16. The van der Waals surface area contributed by atoms with Crippen LogP contribution in [0.2, 0.25) is 0 Å². The van der Waals surface area contributed by atoms with E-state index in [-0.39, 0.29) is 11.2 Å². The van der Waals surface area contributed by atoms with Gasteiger partial charge in [-0.1, -0.05) is 6.07 Å². The summed E-state index contributed by atoms with van der Waals surface area (Å²) >= 11 is 0. The van der Waals surface area contributed by atoms with Crippen LogP contribution in [0.4, 0.5) is 0 Å². The average molecular weight is 187 g/mol. The molecule has 70 valence electrons. The maximum Gasteiger partial charge on any atom is 0.189 e. The third-order valence-electron chi connectivity index (χ3n) is 2.17. The molecule has 3 heteroatoms. The minimum atomic E-state index is -0.0335. The Morgan fingerprint density at radius 1 is 1.29 bits per heavy atom. The van der Waals surface area contributed by atoms with Crippen molar-refractivity contribution in [1.29, 1.82) is 0 Å². The summed E-state index contributed by atoms with van der Waals surface area (Å²) in [6, 6.07) is 6.50. The smallest absolute Gasteiger partial charge is 0.189 e. The molecule has 0 aliphatic carbocycles. The van der Waals surface area contributed by atoms with Gasteiger partial charge < -0.3 is 4.98 Å². The summed E-state index contributed by atoms with van der Waals surface area (Å²) in [5, 5.41) is 0.609. The predicted octanol–water partition coefficient (Wildman–Crippen LogP) is 1.73. The van der Waals surface area contributed by atoms with Gasteiger partial charge in [0.25, 0.3) is 0 Å². The van der Waals surface area contributed by atoms with Crippen molar-refractivity contribution in [3.8, 4) is 0 Å². The fraction of sp³-hybridized carbons (Fsp3) is 0.0909. The van der Waals surface area contributed by atoms with E-state index in [0.717, 1.165) is 0 Å². The first-order chi connectivity index (χ1) is 6.68. The molecule has 1 aromatic heterocycles. The van der Waals surface area contributed by atoms with Crippen LogP contribution in [0, 0.1) is 0 Å². The standard InChI is InChI=1S/C11H9NO2/c1-7(13)8-2-3-9-10(6-8)12-5-4-11(9)14/h2-6H,1H3,(H,12,14). The number of benzene rings is 1. The zero-order valence-electron chi connectivity index (χ0n) is 7.70. The number of Topliss-reactive ketones (excluding diaryl/α,β-unsaturated/α-hetero) is 1. The highest BCUT2D eigenvalue weighted by molar-refractivity contribution is 5.97. The van der Waals surface area contributed by atoms with Crippen LogP contribution in [0.5, 0.6) is 0 Å². The molecule has 0 atom stereocenters. The molecule has 0 bridgehead atoms. The van der Waals surface area contributed by atoms with E-state index < -0.39 is 0 Å². The van der Waals surface area contributed by atoms with Crippen LogP contribution in [-0.2, 0) is 0 Å². The Morgan fingerprint density at radius 3 is 2.79 bits per heavy atom. The molecule has 0 unspecified atom stereocenters. The number of nitrogens with one attached hydrogen (secondary N) is 1. The van der Waals surface area contributed by atoms with E-state index in [1.807, 2.05) is 0 Å². The van der Waals surface area contributed by atoms with Crippen LogP contribution in [0.25, 0.3) is 10.9 Å². The Hall–Kier alpha value is -1.90. The van der Waals surface area contributed by atoms with E-state index in [1.54, 1.807) is 24.4 Å². The molecule has 0 spiro atoms. The van der Waals surface area contributed by atoms with Gasteiger partial charge in [0.05, 0.1) is 0 Å². The van der Waals surface area contributed by atoms with Crippen molar-refractivity contribution in [3.63, 3.8) is 0 Å². The topological polar surface area (TPSA) is 49.9 Å². The summed E-state index contributed by atoms with van der Waals surface area (Å²) in [6.07, 6.45) is 1.58. The Morgan fingerprint density at radius 2 is 2.07 bits per heavy atom. The number of rotatable bonds is 1. The molecular weight excluding hydrogens is 178 g/mol. The number of pyridine rings is 1. The summed E-state index contributed by atoms with van der Waals surface area (Å²) in [5.41, 5.74) is 1.28. The Labute approximate surface area is 80.4 Å². The third-order valence-corrected chi connectivity index (χ3v) is 2.17. The van der Waals surface area contributed by atoms with Crippen LogP contribution in [0.15, 0.2) is 35.3 Å². The number of aromatic amines is 1. The monoisotopic (exact) mass is 187 g/mol. The predicted molar refractivity (Wildman–Crippen MR) is 54.6 cm³/mol. The molecule has 2 aromatic rings. The van der Waals surface area contributed by atoms with Gasteiger partial charge in [-0.05, 0) is 19.1 Å². The normalized spacial score (nSPS) is 10.4. The molecule has 0 radical (unpaired) electrons. The van der Waals surface area contributed by atoms with Gasteiger partial charge in [-0.25, -0.2) is 0 Å². The number of ketones is 1. The van der Waals surface area contributed by atoms with Crippen LogP contribution >= 0.6 is 0 Å². The van der Waals surface area contributed by atoms with E-state index in [1.165, 1.54) is 13.0 Å². The van der Waals surface area contributed by atoms with Gasteiger partial charge in [0.1, 0.15) is 0 Å².